The Bertz CT molecular complexity index is 1280. The van der Waals surface area contributed by atoms with Gasteiger partial charge in [-0.1, -0.05) is 37.3 Å². The van der Waals surface area contributed by atoms with Crippen molar-refractivity contribution in [2.45, 2.75) is 43.5 Å². The molecule has 0 radical (unpaired) electrons. The smallest absolute Gasteiger partial charge is 0.192 e. The lowest BCUT2D eigenvalue weighted by Crippen LogP contribution is -2.29. The van der Waals surface area contributed by atoms with Crippen molar-refractivity contribution in [3.8, 4) is 0 Å². The molecule has 1 heterocycles. The minimum atomic E-state index is -3.63. The Hall–Kier alpha value is -2.27. The molecular weight excluding hydrogens is 512 g/mol. The third-order valence-corrected chi connectivity index (χ3v) is 8.65. The molecule has 0 aliphatic heterocycles. The number of aromatic nitrogens is 2. The minimum Gasteiger partial charge on any atom is -0.361 e. The predicted octanol–water partition coefficient (Wildman–Crippen LogP) is 5.76. The Labute approximate surface area is 211 Å². The van der Waals surface area contributed by atoms with Crippen LogP contribution in [0.3, 0.4) is 0 Å². The number of hydrogen-bond acceptors (Lipinski definition) is 5. The van der Waals surface area contributed by atoms with Gasteiger partial charge in [-0.3, -0.25) is 4.57 Å². The molecule has 6 nitrogen and oxygen atoms in total. The second-order valence-corrected chi connectivity index (χ2v) is 17.7. The summed E-state index contributed by atoms with van der Waals surface area (Å²) in [5.74, 6) is -0.596. The van der Waals surface area contributed by atoms with Gasteiger partial charge in [0.2, 0.25) is 0 Å². The van der Waals surface area contributed by atoms with Gasteiger partial charge in [0.15, 0.2) is 14.9 Å². The van der Waals surface area contributed by atoms with Crippen LogP contribution in [-0.2, 0) is 21.3 Å². The number of sulfone groups is 1. The highest BCUT2D eigenvalue weighted by atomic mass is 35.5. The summed E-state index contributed by atoms with van der Waals surface area (Å²) in [6, 6.07) is 10.4. The molecule has 0 fully saturated rings. The molecule has 0 saturated heterocycles. The largest absolute Gasteiger partial charge is 0.361 e. The maximum absolute atomic E-state index is 14.0. The van der Waals surface area contributed by atoms with Gasteiger partial charge in [0.25, 0.3) is 0 Å². The van der Waals surface area contributed by atoms with E-state index in [-0.39, 0.29) is 22.6 Å². The highest BCUT2D eigenvalue weighted by molar-refractivity contribution is 7.90. The summed E-state index contributed by atoms with van der Waals surface area (Å²) < 4.78 is 60.1. The molecule has 0 aliphatic carbocycles. The number of nitrogens with zero attached hydrogens (tertiary/aromatic N) is 3. The zero-order valence-corrected chi connectivity index (χ0v) is 23.0. The number of halogens is 3. The summed E-state index contributed by atoms with van der Waals surface area (Å²) in [6.45, 7) is 7.15. The molecule has 0 amide bonds. The summed E-state index contributed by atoms with van der Waals surface area (Å²) in [7, 11) is -3.22. The van der Waals surface area contributed by atoms with Crippen molar-refractivity contribution in [3.63, 3.8) is 0 Å². The fourth-order valence-corrected chi connectivity index (χ4v) is 5.34. The van der Waals surface area contributed by atoms with E-state index < -0.39 is 29.8 Å². The molecule has 3 aromatic rings. The third-order valence-electron chi connectivity index (χ3n) is 5.57. The quantitative estimate of drug-likeness (QED) is 0.241. The number of rotatable bonds is 10. The van der Waals surface area contributed by atoms with Crippen molar-refractivity contribution in [2.24, 2.45) is 0 Å². The highest BCUT2D eigenvalue weighted by Gasteiger charge is 2.29. The van der Waals surface area contributed by atoms with Crippen LogP contribution in [0.4, 0.5) is 14.5 Å². The van der Waals surface area contributed by atoms with Crippen LogP contribution in [0.1, 0.15) is 17.4 Å². The van der Waals surface area contributed by atoms with Crippen LogP contribution in [0.2, 0.25) is 30.7 Å². The maximum atomic E-state index is 14.0. The van der Waals surface area contributed by atoms with E-state index in [1.165, 1.54) is 35.0 Å². The first-order chi connectivity index (χ1) is 16.3. The first-order valence-electron chi connectivity index (χ1n) is 11.0. The summed E-state index contributed by atoms with van der Waals surface area (Å²) in [5, 5.41) is -0.0703. The molecule has 1 atom stereocenters. The number of anilines is 1. The molecule has 1 aromatic heterocycles. The first kappa shape index (κ1) is 27.3. The van der Waals surface area contributed by atoms with Crippen molar-refractivity contribution in [3.05, 3.63) is 76.7 Å². The number of benzene rings is 2. The average molecular weight is 542 g/mol. The van der Waals surface area contributed by atoms with Gasteiger partial charge in [-0.2, -0.15) is 0 Å². The van der Waals surface area contributed by atoms with Crippen LogP contribution in [0, 0.1) is 11.6 Å². The topological polar surface area (TPSA) is 64.4 Å². The average Bonchev–Trinajstić information content (AvgIpc) is 3.17. The Morgan fingerprint density at radius 1 is 1.14 bits per heavy atom. The lowest BCUT2D eigenvalue weighted by Gasteiger charge is -2.31. The number of imidazole rings is 1. The van der Waals surface area contributed by atoms with Crippen molar-refractivity contribution in [2.75, 3.05) is 24.8 Å². The van der Waals surface area contributed by atoms with E-state index in [1.54, 1.807) is 30.1 Å². The standard InChI is InChI=1S/C24H30ClF2N3O3SSi/c1-29(19-9-7-18(26)8-10-19)23(17-6-11-21(27)20(25)14-17)24-28-15-22(34(2,31)32)30(24)16-33-12-13-35(3,4)5/h6-11,14-15,23H,12-13,16H2,1-5H3. The Kier molecular flexibility index (Phi) is 8.41. The van der Waals surface area contributed by atoms with Crippen LogP contribution >= 0.6 is 11.6 Å². The number of ether oxygens (including phenoxy) is 1. The fourth-order valence-electron chi connectivity index (χ4n) is 3.61. The minimum absolute atomic E-state index is 0.00576. The van der Waals surface area contributed by atoms with Gasteiger partial charge in [0.05, 0.1) is 11.2 Å². The zero-order chi connectivity index (χ0) is 26.0. The van der Waals surface area contributed by atoms with Crippen molar-refractivity contribution in [1.29, 1.82) is 0 Å². The van der Waals surface area contributed by atoms with Gasteiger partial charge in [0.1, 0.15) is 30.2 Å². The lowest BCUT2D eigenvalue weighted by atomic mass is 10.0. The molecule has 0 saturated carbocycles. The van der Waals surface area contributed by atoms with E-state index in [2.05, 4.69) is 24.6 Å². The third kappa shape index (κ3) is 6.90. The van der Waals surface area contributed by atoms with Gasteiger partial charge in [0, 0.05) is 33.7 Å². The fraction of sp³-hybridized carbons (Fsp3) is 0.375. The lowest BCUT2D eigenvalue weighted by molar-refractivity contribution is 0.0789. The Morgan fingerprint density at radius 2 is 1.80 bits per heavy atom. The van der Waals surface area contributed by atoms with Gasteiger partial charge in [-0.05, 0) is 48.0 Å². The normalized spacial score (nSPS) is 13.1. The molecule has 0 bridgehead atoms. The molecule has 11 heteroatoms. The molecule has 1 unspecified atom stereocenters. The molecule has 3 rings (SSSR count). The van der Waals surface area contributed by atoms with Crippen molar-refractivity contribution < 1.29 is 21.9 Å². The van der Waals surface area contributed by atoms with Crippen LogP contribution in [0.25, 0.3) is 0 Å². The molecular formula is C24H30ClF2N3O3SSi. The van der Waals surface area contributed by atoms with E-state index in [0.29, 0.717) is 23.7 Å². The van der Waals surface area contributed by atoms with Crippen LogP contribution in [0.5, 0.6) is 0 Å². The number of hydrogen-bond donors (Lipinski definition) is 0. The van der Waals surface area contributed by atoms with Crippen molar-refractivity contribution >= 4 is 35.2 Å². The summed E-state index contributed by atoms with van der Waals surface area (Å²) in [6.07, 6.45) is 2.41. The van der Waals surface area contributed by atoms with E-state index >= 15 is 0 Å². The SMILES string of the molecule is CN(c1ccc(F)cc1)C(c1ccc(F)c(Cl)c1)c1ncc(S(C)(=O)=O)n1COCC[Si](C)(C)C. The highest BCUT2D eigenvalue weighted by Crippen LogP contribution is 2.34. The summed E-state index contributed by atoms with van der Waals surface area (Å²) in [4.78, 5) is 6.26. The molecule has 2 aromatic carbocycles. The predicted molar refractivity (Wildman–Crippen MR) is 137 cm³/mol. The second-order valence-electron chi connectivity index (χ2n) is 9.67. The summed E-state index contributed by atoms with van der Waals surface area (Å²) >= 11 is 6.09. The molecule has 0 N–H and O–H groups in total. The summed E-state index contributed by atoms with van der Waals surface area (Å²) in [5.41, 5.74) is 1.23. The van der Waals surface area contributed by atoms with Gasteiger partial charge in [-0.25, -0.2) is 22.2 Å². The molecule has 0 spiro atoms. The molecule has 35 heavy (non-hydrogen) atoms. The van der Waals surface area contributed by atoms with Crippen LogP contribution < -0.4 is 4.90 Å². The molecule has 190 valence electrons. The van der Waals surface area contributed by atoms with Crippen molar-refractivity contribution in [1.82, 2.24) is 9.55 Å². The zero-order valence-electron chi connectivity index (χ0n) is 20.4. The van der Waals surface area contributed by atoms with Gasteiger partial charge >= 0.3 is 0 Å². The van der Waals surface area contributed by atoms with E-state index in [0.717, 1.165) is 12.3 Å². The van der Waals surface area contributed by atoms with Crippen LogP contribution in [0.15, 0.2) is 53.7 Å². The molecule has 0 aliphatic rings. The first-order valence-corrected chi connectivity index (χ1v) is 17.0. The Morgan fingerprint density at radius 3 is 2.37 bits per heavy atom. The van der Waals surface area contributed by atoms with E-state index in [9.17, 15) is 17.2 Å². The van der Waals surface area contributed by atoms with Gasteiger partial charge in [-0.15, -0.1) is 0 Å². The monoisotopic (exact) mass is 541 g/mol. The second kappa shape index (κ2) is 10.8. The van der Waals surface area contributed by atoms with Gasteiger partial charge < -0.3 is 9.64 Å². The van der Waals surface area contributed by atoms with Crippen LogP contribution in [-0.4, -0.2) is 46.0 Å². The van der Waals surface area contributed by atoms with E-state index in [1.807, 2.05) is 0 Å². The van der Waals surface area contributed by atoms with E-state index in [4.69, 9.17) is 16.3 Å². The Balaban J connectivity index is 2.11. The maximum Gasteiger partial charge on any atom is 0.192 e.